The highest BCUT2D eigenvalue weighted by molar-refractivity contribution is 9.10. The molecule has 1 aromatic heterocycles. The van der Waals surface area contributed by atoms with Gasteiger partial charge in [0.05, 0.1) is 34.9 Å². The number of ether oxygens (including phenoxy) is 4. The first-order valence-corrected chi connectivity index (χ1v) is 13.8. The highest BCUT2D eigenvalue weighted by Gasteiger charge is 2.30. The number of nitrogens with zero attached hydrogens (tertiary/aromatic N) is 3. The van der Waals surface area contributed by atoms with Crippen molar-refractivity contribution in [3.8, 4) is 23.0 Å². The fourth-order valence-electron chi connectivity index (χ4n) is 5.07. The first kappa shape index (κ1) is 28.7. The summed E-state index contributed by atoms with van der Waals surface area (Å²) < 4.78 is 22.6. The van der Waals surface area contributed by atoms with Gasteiger partial charge in [-0.15, -0.1) is 0 Å². The minimum Gasteiger partial charge on any atom is -0.493 e. The van der Waals surface area contributed by atoms with Crippen LogP contribution in [0.5, 0.6) is 23.0 Å². The minimum absolute atomic E-state index is 0.0332. The Bertz CT molecular complexity index is 1260. The Morgan fingerprint density at radius 2 is 1.51 bits per heavy atom. The molecule has 1 aliphatic rings. The van der Waals surface area contributed by atoms with Gasteiger partial charge < -0.3 is 28.7 Å². The van der Waals surface area contributed by atoms with Crippen LogP contribution in [0.25, 0.3) is 0 Å². The zero-order valence-electron chi connectivity index (χ0n) is 23.0. The molecule has 3 aromatic rings. The summed E-state index contributed by atoms with van der Waals surface area (Å²) in [4.78, 5) is 22.4. The SMILES string of the molecule is COc1ccc(CCN2CCC(N(C(=O)Cc3cncc(Br)c3)c3ccc(OC)c(OC)c3)CC2)cc1OC. The normalized spacial score (nSPS) is 14.1. The quantitative estimate of drug-likeness (QED) is 0.302. The van der Waals surface area contributed by atoms with E-state index in [4.69, 9.17) is 18.9 Å². The molecule has 0 atom stereocenters. The smallest absolute Gasteiger partial charge is 0.231 e. The second kappa shape index (κ2) is 13.7. The number of hydrogen-bond acceptors (Lipinski definition) is 7. The second-order valence-corrected chi connectivity index (χ2v) is 10.4. The molecule has 1 fully saturated rings. The van der Waals surface area contributed by atoms with Crippen LogP contribution in [0.1, 0.15) is 24.0 Å². The second-order valence-electron chi connectivity index (χ2n) is 9.50. The predicted octanol–water partition coefficient (Wildman–Crippen LogP) is 5.16. The van der Waals surface area contributed by atoms with Crippen LogP contribution in [0.15, 0.2) is 59.3 Å². The molecule has 1 aliphatic heterocycles. The molecule has 0 aliphatic carbocycles. The van der Waals surface area contributed by atoms with Gasteiger partial charge in [0, 0.05) is 54.3 Å². The third kappa shape index (κ3) is 7.22. The molecular weight excluding hydrogens is 562 g/mol. The van der Waals surface area contributed by atoms with Crippen LogP contribution in [0, 0.1) is 0 Å². The van der Waals surface area contributed by atoms with Gasteiger partial charge in [-0.1, -0.05) is 6.07 Å². The van der Waals surface area contributed by atoms with Crippen molar-refractivity contribution in [2.75, 3.05) is 53.0 Å². The Hall–Kier alpha value is -3.30. The lowest BCUT2D eigenvalue weighted by Crippen LogP contribution is -2.48. The maximum Gasteiger partial charge on any atom is 0.231 e. The van der Waals surface area contributed by atoms with Crippen molar-refractivity contribution in [2.24, 2.45) is 0 Å². The van der Waals surface area contributed by atoms with E-state index in [2.05, 4.69) is 31.9 Å². The molecule has 1 saturated heterocycles. The van der Waals surface area contributed by atoms with Crippen LogP contribution >= 0.6 is 15.9 Å². The van der Waals surface area contributed by atoms with Crippen molar-refractivity contribution in [3.63, 3.8) is 0 Å². The molecule has 0 bridgehead atoms. The van der Waals surface area contributed by atoms with Gasteiger partial charge in [-0.2, -0.15) is 0 Å². The van der Waals surface area contributed by atoms with E-state index in [1.54, 1.807) is 40.8 Å². The van der Waals surface area contributed by atoms with Gasteiger partial charge >= 0.3 is 0 Å². The molecule has 39 heavy (non-hydrogen) atoms. The summed E-state index contributed by atoms with van der Waals surface area (Å²) in [5, 5.41) is 0. The zero-order valence-corrected chi connectivity index (χ0v) is 24.6. The highest BCUT2D eigenvalue weighted by Crippen LogP contribution is 2.34. The number of anilines is 1. The number of benzene rings is 2. The Morgan fingerprint density at radius 1 is 0.872 bits per heavy atom. The molecule has 1 amide bonds. The van der Waals surface area contributed by atoms with E-state index >= 15 is 0 Å². The van der Waals surface area contributed by atoms with Gasteiger partial charge in [0.1, 0.15) is 0 Å². The summed E-state index contributed by atoms with van der Waals surface area (Å²) in [7, 11) is 6.52. The van der Waals surface area contributed by atoms with E-state index in [0.717, 1.165) is 66.1 Å². The predicted molar refractivity (Wildman–Crippen MR) is 155 cm³/mol. The van der Waals surface area contributed by atoms with Crippen LogP contribution in [-0.2, 0) is 17.6 Å². The topological polar surface area (TPSA) is 73.4 Å². The van der Waals surface area contributed by atoms with Gasteiger partial charge in [-0.05, 0) is 76.7 Å². The largest absolute Gasteiger partial charge is 0.493 e. The van der Waals surface area contributed by atoms with Gasteiger partial charge in [-0.25, -0.2) is 0 Å². The monoisotopic (exact) mass is 597 g/mol. The molecule has 9 heteroatoms. The van der Waals surface area contributed by atoms with Gasteiger partial charge in [0.2, 0.25) is 5.91 Å². The number of hydrogen-bond donors (Lipinski definition) is 0. The Kier molecular flexibility index (Phi) is 10.1. The fourth-order valence-corrected chi connectivity index (χ4v) is 5.48. The summed E-state index contributed by atoms with van der Waals surface area (Å²) in [5.74, 6) is 2.75. The van der Waals surface area contributed by atoms with Crippen LogP contribution in [-0.4, -0.2) is 69.9 Å². The summed E-state index contributed by atoms with van der Waals surface area (Å²) in [6.45, 7) is 2.76. The zero-order chi connectivity index (χ0) is 27.8. The number of likely N-dealkylation sites (tertiary alicyclic amines) is 1. The van der Waals surface area contributed by atoms with Crippen molar-refractivity contribution >= 4 is 27.5 Å². The van der Waals surface area contributed by atoms with E-state index in [-0.39, 0.29) is 18.4 Å². The standard InChI is InChI=1S/C30H36BrN3O5/c1-36-26-7-5-21(16-28(26)38-3)9-12-33-13-10-24(11-14-33)34(25-6-8-27(37-2)29(18-25)39-4)30(35)17-22-15-23(31)20-32-19-22/h5-8,15-16,18-20,24H,9-14,17H2,1-4H3. The number of rotatable bonds is 11. The first-order valence-electron chi connectivity index (χ1n) is 13.0. The number of methoxy groups -OCH3 is 4. The highest BCUT2D eigenvalue weighted by atomic mass is 79.9. The van der Waals surface area contributed by atoms with Crippen LogP contribution < -0.4 is 23.8 Å². The van der Waals surface area contributed by atoms with E-state index in [1.165, 1.54) is 5.56 Å². The number of aromatic nitrogens is 1. The Morgan fingerprint density at radius 3 is 2.15 bits per heavy atom. The van der Waals surface area contributed by atoms with Gasteiger partial charge in [0.25, 0.3) is 0 Å². The van der Waals surface area contributed by atoms with E-state index < -0.39 is 0 Å². The first-order chi connectivity index (χ1) is 18.9. The van der Waals surface area contributed by atoms with E-state index in [1.807, 2.05) is 41.3 Å². The Labute approximate surface area is 239 Å². The van der Waals surface area contributed by atoms with E-state index in [0.29, 0.717) is 11.5 Å². The third-order valence-corrected chi connectivity index (χ3v) is 7.55. The molecule has 8 nitrogen and oxygen atoms in total. The average Bonchev–Trinajstić information content (AvgIpc) is 2.96. The van der Waals surface area contributed by atoms with Crippen LogP contribution in [0.3, 0.4) is 0 Å². The Balaban J connectivity index is 1.47. The molecule has 208 valence electrons. The van der Waals surface area contributed by atoms with Crippen molar-refractivity contribution in [1.29, 1.82) is 0 Å². The summed E-state index contributed by atoms with van der Waals surface area (Å²) in [5.41, 5.74) is 2.89. The maximum absolute atomic E-state index is 13.8. The molecule has 0 spiro atoms. The van der Waals surface area contributed by atoms with Crippen LogP contribution in [0.2, 0.25) is 0 Å². The molecule has 0 saturated carbocycles. The fraction of sp³-hybridized carbons (Fsp3) is 0.400. The van der Waals surface area contributed by atoms with Crippen molar-refractivity contribution in [1.82, 2.24) is 9.88 Å². The molecule has 0 unspecified atom stereocenters. The van der Waals surface area contributed by atoms with Crippen molar-refractivity contribution < 1.29 is 23.7 Å². The molecule has 0 N–H and O–H groups in total. The molecule has 2 aromatic carbocycles. The lowest BCUT2D eigenvalue weighted by molar-refractivity contribution is -0.118. The number of carbonyl (C=O) groups excluding carboxylic acids is 1. The number of amides is 1. The number of carbonyl (C=O) groups is 1. The lowest BCUT2D eigenvalue weighted by Gasteiger charge is -2.39. The maximum atomic E-state index is 13.8. The van der Waals surface area contributed by atoms with E-state index in [9.17, 15) is 4.79 Å². The number of piperidine rings is 1. The molecular formula is C30H36BrN3O5. The molecule has 4 rings (SSSR count). The van der Waals surface area contributed by atoms with Crippen molar-refractivity contribution in [2.45, 2.75) is 31.7 Å². The van der Waals surface area contributed by atoms with Gasteiger partial charge in [-0.3, -0.25) is 9.78 Å². The van der Waals surface area contributed by atoms with Gasteiger partial charge in [0.15, 0.2) is 23.0 Å². The summed E-state index contributed by atoms with van der Waals surface area (Å²) in [6.07, 6.45) is 6.40. The minimum atomic E-state index is 0.0332. The number of pyridine rings is 1. The summed E-state index contributed by atoms with van der Waals surface area (Å²) >= 11 is 3.46. The summed E-state index contributed by atoms with van der Waals surface area (Å²) in [6, 6.07) is 13.8. The lowest BCUT2D eigenvalue weighted by atomic mass is 10.00. The third-order valence-electron chi connectivity index (χ3n) is 7.12. The van der Waals surface area contributed by atoms with Crippen LogP contribution in [0.4, 0.5) is 5.69 Å². The average molecular weight is 599 g/mol. The molecule has 0 radical (unpaired) electrons. The van der Waals surface area contributed by atoms with Crippen molar-refractivity contribution in [3.05, 3.63) is 70.5 Å². The number of halogens is 1. The molecule has 2 heterocycles.